The molecule has 3 nitrogen and oxygen atoms in total. The summed E-state index contributed by atoms with van der Waals surface area (Å²) in [5.41, 5.74) is 5.54. The minimum atomic E-state index is 0.172. The lowest BCUT2D eigenvalue weighted by Gasteiger charge is -2.14. The maximum absolute atomic E-state index is 8.55. The average Bonchev–Trinajstić information content (AvgIpc) is 2.16. The Kier molecular flexibility index (Phi) is 10.5. The molecule has 0 aromatic carbocycles. The van der Waals surface area contributed by atoms with E-state index in [0.29, 0.717) is 19.6 Å². The van der Waals surface area contributed by atoms with Gasteiger partial charge in [-0.05, 0) is 24.3 Å². The fourth-order valence-electron chi connectivity index (χ4n) is 0.943. The zero-order valence-electron chi connectivity index (χ0n) is 8.37. The van der Waals surface area contributed by atoms with E-state index in [1.165, 1.54) is 0 Å². The highest BCUT2D eigenvalue weighted by Crippen LogP contribution is 2.06. The first kappa shape index (κ1) is 13.2. The smallest absolute Gasteiger partial charge is 0.0705 e. The third-order valence-corrected chi connectivity index (χ3v) is 2.64. The van der Waals surface area contributed by atoms with E-state index in [1.54, 1.807) is 0 Å². The van der Waals surface area contributed by atoms with Crippen molar-refractivity contribution in [1.82, 2.24) is 0 Å². The van der Waals surface area contributed by atoms with Gasteiger partial charge in [-0.3, -0.25) is 0 Å². The molecule has 0 saturated heterocycles. The fraction of sp³-hybridized carbons (Fsp3) is 1.00. The molecule has 13 heavy (non-hydrogen) atoms. The molecule has 0 aliphatic heterocycles. The highest BCUT2D eigenvalue weighted by atomic mass is 32.2. The van der Waals surface area contributed by atoms with Crippen LogP contribution in [0.4, 0.5) is 0 Å². The molecule has 0 amide bonds. The lowest BCUT2D eigenvalue weighted by atomic mass is 10.3. The number of thioether (sulfide) groups is 1. The van der Waals surface area contributed by atoms with Crippen LogP contribution in [0.3, 0.4) is 0 Å². The van der Waals surface area contributed by atoms with Gasteiger partial charge in [0.25, 0.3) is 0 Å². The van der Waals surface area contributed by atoms with Gasteiger partial charge in [0.05, 0.1) is 6.10 Å². The molecule has 0 rings (SSSR count). The summed E-state index contributed by atoms with van der Waals surface area (Å²) >= 11 is 1.91. The predicted molar refractivity (Wildman–Crippen MR) is 58.1 cm³/mol. The number of aliphatic hydroxyl groups is 1. The Morgan fingerprint density at radius 2 is 2.31 bits per heavy atom. The van der Waals surface area contributed by atoms with Gasteiger partial charge in [0.2, 0.25) is 0 Å². The van der Waals surface area contributed by atoms with Gasteiger partial charge in [-0.15, -0.1) is 0 Å². The quantitative estimate of drug-likeness (QED) is 0.551. The Balaban J connectivity index is 3.28. The van der Waals surface area contributed by atoms with Crippen molar-refractivity contribution in [1.29, 1.82) is 0 Å². The number of nitrogens with two attached hydrogens (primary N) is 1. The maximum Gasteiger partial charge on any atom is 0.0705 e. The summed E-state index contributed by atoms with van der Waals surface area (Å²) < 4.78 is 5.48. The molecule has 0 aliphatic carbocycles. The largest absolute Gasteiger partial charge is 0.396 e. The van der Waals surface area contributed by atoms with Crippen molar-refractivity contribution in [2.45, 2.75) is 25.9 Å². The van der Waals surface area contributed by atoms with Crippen LogP contribution in [-0.4, -0.2) is 42.5 Å². The number of hydrogen-bond donors (Lipinski definition) is 2. The third kappa shape index (κ3) is 8.56. The summed E-state index contributed by atoms with van der Waals surface area (Å²) in [4.78, 5) is 0. The molecule has 0 bridgehead atoms. The fourth-order valence-corrected chi connectivity index (χ4v) is 1.66. The van der Waals surface area contributed by atoms with E-state index < -0.39 is 0 Å². The second kappa shape index (κ2) is 10.3. The Morgan fingerprint density at radius 3 is 2.85 bits per heavy atom. The maximum atomic E-state index is 8.55. The van der Waals surface area contributed by atoms with Crippen LogP contribution in [-0.2, 0) is 4.74 Å². The minimum Gasteiger partial charge on any atom is -0.396 e. The van der Waals surface area contributed by atoms with Crippen LogP contribution in [0.2, 0.25) is 0 Å². The van der Waals surface area contributed by atoms with Gasteiger partial charge in [-0.1, -0.05) is 6.92 Å². The van der Waals surface area contributed by atoms with Crippen LogP contribution in [0.25, 0.3) is 0 Å². The number of aliphatic hydroxyl groups excluding tert-OH is 1. The van der Waals surface area contributed by atoms with Crippen LogP contribution >= 0.6 is 11.8 Å². The van der Waals surface area contributed by atoms with Crippen molar-refractivity contribution in [2.24, 2.45) is 5.73 Å². The van der Waals surface area contributed by atoms with Gasteiger partial charge in [0.1, 0.15) is 0 Å². The molecular formula is C9H21NO2S. The standard InChI is InChI=1S/C9H21NO2S/c1-2-13-7-4-9(8-10)12-6-3-5-11/h9,11H,2-8,10H2,1H3. The van der Waals surface area contributed by atoms with Gasteiger partial charge in [0, 0.05) is 19.8 Å². The summed E-state index contributed by atoms with van der Waals surface area (Å²) in [6.45, 7) is 3.54. The van der Waals surface area contributed by atoms with Crippen LogP contribution in [0, 0.1) is 0 Å². The lowest BCUT2D eigenvalue weighted by Crippen LogP contribution is -2.25. The summed E-state index contributed by atoms with van der Waals surface area (Å²) in [5.74, 6) is 2.26. The molecule has 1 atom stereocenters. The van der Waals surface area contributed by atoms with E-state index in [4.69, 9.17) is 15.6 Å². The Labute approximate surface area is 85.0 Å². The molecule has 4 heteroatoms. The number of rotatable bonds is 9. The third-order valence-electron chi connectivity index (χ3n) is 1.71. The normalized spacial score (nSPS) is 13.2. The zero-order valence-corrected chi connectivity index (χ0v) is 9.18. The van der Waals surface area contributed by atoms with Crippen LogP contribution < -0.4 is 5.73 Å². The van der Waals surface area contributed by atoms with Crippen LogP contribution in [0.5, 0.6) is 0 Å². The van der Waals surface area contributed by atoms with E-state index in [-0.39, 0.29) is 12.7 Å². The van der Waals surface area contributed by atoms with E-state index in [2.05, 4.69) is 6.92 Å². The Morgan fingerprint density at radius 1 is 1.54 bits per heavy atom. The van der Waals surface area contributed by atoms with Gasteiger partial charge >= 0.3 is 0 Å². The molecule has 0 radical (unpaired) electrons. The molecule has 0 heterocycles. The summed E-state index contributed by atoms with van der Waals surface area (Å²) in [7, 11) is 0. The van der Waals surface area contributed by atoms with E-state index in [1.807, 2.05) is 11.8 Å². The average molecular weight is 207 g/mol. The Hall–Kier alpha value is 0.230. The van der Waals surface area contributed by atoms with E-state index in [9.17, 15) is 0 Å². The molecule has 1 unspecified atom stereocenters. The molecule has 0 aliphatic rings. The first-order valence-electron chi connectivity index (χ1n) is 4.85. The summed E-state index contributed by atoms with van der Waals surface area (Å²) in [5, 5.41) is 8.55. The van der Waals surface area contributed by atoms with Gasteiger partial charge in [-0.2, -0.15) is 11.8 Å². The first-order chi connectivity index (χ1) is 6.35. The second-order valence-corrected chi connectivity index (χ2v) is 4.19. The molecule has 0 aromatic rings. The summed E-state index contributed by atoms with van der Waals surface area (Å²) in [6.07, 6.45) is 1.89. The predicted octanol–water partition coefficient (Wildman–Crippen LogP) is 0.856. The minimum absolute atomic E-state index is 0.172. The van der Waals surface area contributed by atoms with Crippen molar-refractivity contribution < 1.29 is 9.84 Å². The molecule has 0 aromatic heterocycles. The molecule has 0 spiro atoms. The van der Waals surface area contributed by atoms with Gasteiger partial charge in [0.15, 0.2) is 0 Å². The topological polar surface area (TPSA) is 55.5 Å². The van der Waals surface area contributed by atoms with Crippen LogP contribution in [0.15, 0.2) is 0 Å². The van der Waals surface area contributed by atoms with Crippen molar-refractivity contribution in [3.63, 3.8) is 0 Å². The molecular weight excluding hydrogens is 186 g/mol. The first-order valence-corrected chi connectivity index (χ1v) is 6.00. The number of hydrogen-bond acceptors (Lipinski definition) is 4. The van der Waals surface area contributed by atoms with Crippen molar-refractivity contribution in [3.05, 3.63) is 0 Å². The summed E-state index contributed by atoms with van der Waals surface area (Å²) in [6, 6.07) is 0. The molecule has 0 fully saturated rings. The van der Waals surface area contributed by atoms with Gasteiger partial charge in [-0.25, -0.2) is 0 Å². The van der Waals surface area contributed by atoms with Crippen LogP contribution in [0.1, 0.15) is 19.8 Å². The van der Waals surface area contributed by atoms with E-state index >= 15 is 0 Å². The SMILES string of the molecule is CCSCCC(CN)OCCCO. The molecule has 3 N–H and O–H groups in total. The molecule has 80 valence electrons. The van der Waals surface area contributed by atoms with E-state index in [0.717, 1.165) is 17.9 Å². The Bertz CT molecular complexity index is 93.6. The highest BCUT2D eigenvalue weighted by Gasteiger charge is 2.05. The second-order valence-electron chi connectivity index (χ2n) is 2.79. The lowest BCUT2D eigenvalue weighted by molar-refractivity contribution is 0.0481. The monoisotopic (exact) mass is 207 g/mol. The van der Waals surface area contributed by atoms with Crippen molar-refractivity contribution >= 4 is 11.8 Å². The van der Waals surface area contributed by atoms with Gasteiger partial charge < -0.3 is 15.6 Å². The van der Waals surface area contributed by atoms with Crippen molar-refractivity contribution in [3.8, 4) is 0 Å². The number of ether oxygens (including phenoxy) is 1. The van der Waals surface area contributed by atoms with Crippen molar-refractivity contribution in [2.75, 3.05) is 31.3 Å². The zero-order chi connectivity index (χ0) is 9.94. The highest BCUT2D eigenvalue weighted by molar-refractivity contribution is 7.99. The molecule has 0 saturated carbocycles.